The van der Waals surface area contributed by atoms with Gasteiger partial charge in [-0.1, -0.05) is 0 Å². The second-order valence-electron chi connectivity index (χ2n) is 15.4. The topological polar surface area (TPSA) is 328 Å². The molecular formula is C33H56O20. The predicted molar refractivity (Wildman–Crippen MR) is 170 cm³/mol. The van der Waals surface area contributed by atoms with Gasteiger partial charge in [0, 0.05) is 12.3 Å². The summed E-state index contributed by atoms with van der Waals surface area (Å²) >= 11 is 0. The Balaban J connectivity index is 1.20. The van der Waals surface area contributed by atoms with Crippen molar-refractivity contribution in [2.24, 2.45) is 11.8 Å². The summed E-state index contributed by atoms with van der Waals surface area (Å²) in [5, 5.41) is 136. The normalized spacial score (nSPS) is 55.4. The second kappa shape index (κ2) is 17.4. The third-order valence-corrected chi connectivity index (χ3v) is 11.8. The Labute approximate surface area is 305 Å². The molecule has 0 amide bonds. The summed E-state index contributed by atoms with van der Waals surface area (Å²) in [5.41, 5.74) is 0. The molecule has 24 atom stereocenters. The Morgan fingerprint density at radius 1 is 0.528 bits per heavy atom. The van der Waals surface area contributed by atoms with E-state index in [1.54, 1.807) is 0 Å². The van der Waals surface area contributed by atoms with Crippen molar-refractivity contribution < 1.29 is 99.5 Å². The maximum absolute atomic E-state index is 11.0. The van der Waals surface area contributed by atoms with Gasteiger partial charge in [0.1, 0.15) is 67.1 Å². The summed E-state index contributed by atoms with van der Waals surface area (Å²) in [4.78, 5) is 0. The fourth-order valence-corrected chi connectivity index (χ4v) is 8.57. The average molecular weight is 773 g/mol. The van der Waals surface area contributed by atoms with Crippen LogP contribution in [0.1, 0.15) is 45.4 Å². The highest BCUT2D eigenvalue weighted by Gasteiger charge is 2.54. The van der Waals surface area contributed by atoms with Crippen LogP contribution < -0.4 is 0 Å². The quantitative estimate of drug-likeness (QED) is 0.104. The highest BCUT2D eigenvalue weighted by molar-refractivity contribution is 5.00. The fraction of sp³-hybridized carbons (Fsp3) is 1.00. The summed E-state index contributed by atoms with van der Waals surface area (Å²) < 4.78 is 41.6. The van der Waals surface area contributed by atoms with Crippen LogP contribution in [0.2, 0.25) is 0 Å². The lowest BCUT2D eigenvalue weighted by molar-refractivity contribution is -0.351. The zero-order valence-corrected chi connectivity index (χ0v) is 29.2. The number of hydrogen-bond donors (Lipinski definition) is 13. The molecule has 4 heterocycles. The SMILES string of the molecule is CC1OC(OCC2OC(OC3CC4C(OC5OC(CO)C(O)C(O)C5O)CC(O)CC4OC3C3CCC(O)C(O)C3)C(O)C(O)C2O)C(O)C(O)C1O. The van der Waals surface area contributed by atoms with Crippen molar-refractivity contribution in [3.63, 3.8) is 0 Å². The maximum atomic E-state index is 11.0. The molecule has 24 unspecified atom stereocenters. The Kier molecular flexibility index (Phi) is 13.7. The molecule has 0 aromatic rings. The minimum Gasteiger partial charge on any atom is -0.394 e. The number of ether oxygens (including phenoxy) is 7. The van der Waals surface area contributed by atoms with Gasteiger partial charge in [-0.15, -0.1) is 0 Å². The van der Waals surface area contributed by atoms with Crippen molar-refractivity contribution in [2.75, 3.05) is 13.2 Å². The van der Waals surface area contributed by atoms with Crippen molar-refractivity contribution in [3.05, 3.63) is 0 Å². The largest absolute Gasteiger partial charge is 0.394 e. The molecule has 4 saturated heterocycles. The van der Waals surface area contributed by atoms with Gasteiger partial charge in [0.15, 0.2) is 18.9 Å². The van der Waals surface area contributed by atoms with Crippen LogP contribution >= 0.6 is 0 Å². The first-order valence-electron chi connectivity index (χ1n) is 18.4. The van der Waals surface area contributed by atoms with Crippen molar-refractivity contribution in [3.8, 4) is 0 Å². The smallest absolute Gasteiger partial charge is 0.187 e. The second-order valence-corrected chi connectivity index (χ2v) is 15.4. The van der Waals surface area contributed by atoms with E-state index >= 15 is 0 Å². The molecule has 13 N–H and O–H groups in total. The van der Waals surface area contributed by atoms with Gasteiger partial charge in [0.25, 0.3) is 0 Å². The summed E-state index contributed by atoms with van der Waals surface area (Å²) in [6.07, 6.45) is -28.1. The van der Waals surface area contributed by atoms with E-state index in [1.165, 1.54) is 6.92 Å². The van der Waals surface area contributed by atoms with Gasteiger partial charge >= 0.3 is 0 Å². The Morgan fingerprint density at radius 2 is 1.11 bits per heavy atom. The zero-order chi connectivity index (χ0) is 38.5. The first-order valence-corrected chi connectivity index (χ1v) is 18.4. The van der Waals surface area contributed by atoms with Crippen LogP contribution in [0.15, 0.2) is 0 Å². The molecule has 6 aliphatic rings. The van der Waals surface area contributed by atoms with Crippen LogP contribution in [0.5, 0.6) is 0 Å². The number of aliphatic hydroxyl groups is 13. The minimum absolute atomic E-state index is 0.0393. The van der Waals surface area contributed by atoms with Gasteiger partial charge in [-0.3, -0.25) is 0 Å². The Morgan fingerprint density at radius 3 is 1.75 bits per heavy atom. The van der Waals surface area contributed by atoms with Crippen LogP contribution in [0.3, 0.4) is 0 Å². The standard InChI is InChI=1S/C33H56O20/c1-10-21(38)24(41)27(44)31(48-10)47-9-20-23(40)26(43)29(46)33(53-20)51-18-7-13-16(49-30(18)11-2-3-14(36)15(37)4-11)5-12(35)6-17(13)50-32-28(45)25(42)22(39)19(8-34)52-32/h10-46H,2-9H2,1H3. The van der Waals surface area contributed by atoms with Gasteiger partial charge in [0.05, 0.1) is 62.0 Å². The lowest BCUT2D eigenvalue weighted by Crippen LogP contribution is -2.63. The molecule has 20 heteroatoms. The molecule has 4 aliphatic heterocycles. The molecule has 308 valence electrons. The Hall–Kier alpha value is -0.800. The third-order valence-electron chi connectivity index (χ3n) is 11.8. The summed E-state index contributed by atoms with van der Waals surface area (Å²) in [6.45, 7) is 0.260. The number of hydrogen-bond acceptors (Lipinski definition) is 20. The maximum Gasteiger partial charge on any atom is 0.187 e. The van der Waals surface area contributed by atoms with Gasteiger partial charge in [-0.25, -0.2) is 0 Å². The molecule has 0 bridgehead atoms. The predicted octanol–water partition coefficient (Wildman–Crippen LogP) is -6.34. The van der Waals surface area contributed by atoms with E-state index in [9.17, 15) is 66.4 Å². The van der Waals surface area contributed by atoms with E-state index < -0.39 is 154 Å². The zero-order valence-electron chi connectivity index (χ0n) is 29.2. The van der Waals surface area contributed by atoms with Crippen molar-refractivity contribution in [1.29, 1.82) is 0 Å². The van der Waals surface area contributed by atoms with E-state index in [1.807, 2.05) is 0 Å². The van der Waals surface area contributed by atoms with Crippen molar-refractivity contribution in [1.82, 2.24) is 0 Å². The van der Waals surface area contributed by atoms with Gasteiger partial charge < -0.3 is 99.5 Å². The van der Waals surface area contributed by atoms with E-state index in [2.05, 4.69) is 0 Å². The van der Waals surface area contributed by atoms with Crippen molar-refractivity contribution >= 4 is 0 Å². The fourth-order valence-electron chi connectivity index (χ4n) is 8.57. The molecule has 0 radical (unpaired) electrons. The van der Waals surface area contributed by atoms with Gasteiger partial charge in [-0.2, -0.15) is 0 Å². The number of fused-ring (bicyclic) bond motifs is 1. The van der Waals surface area contributed by atoms with E-state index in [0.717, 1.165) is 0 Å². The van der Waals surface area contributed by atoms with Gasteiger partial charge in [0.2, 0.25) is 0 Å². The lowest BCUT2D eigenvalue weighted by Gasteiger charge is -2.52. The van der Waals surface area contributed by atoms with Crippen LogP contribution in [-0.4, -0.2) is 214 Å². The average Bonchev–Trinajstić information content (AvgIpc) is 3.13. The molecule has 0 aromatic heterocycles. The van der Waals surface area contributed by atoms with Gasteiger partial charge in [-0.05, 0) is 44.9 Å². The highest BCUT2D eigenvalue weighted by Crippen LogP contribution is 2.45. The molecule has 2 aliphatic carbocycles. The summed E-state index contributed by atoms with van der Waals surface area (Å²) in [7, 11) is 0. The van der Waals surface area contributed by atoms with E-state index in [0.29, 0.717) is 6.42 Å². The number of aliphatic hydroxyl groups excluding tert-OH is 13. The van der Waals surface area contributed by atoms with Crippen molar-refractivity contribution in [2.45, 2.75) is 180 Å². The van der Waals surface area contributed by atoms with E-state index in [-0.39, 0.29) is 38.0 Å². The number of rotatable bonds is 9. The third kappa shape index (κ3) is 8.72. The molecule has 6 fully saturated rings. The molecule has 0 aromatic carbocycles. The molecular weight excluding hydrogens is 716 g/mol. The Bertz CT molecular complexity index is 1170. The molecule has 0 spiro atoms. The first-order chi connectivity index (χ1) is 25.1. The van der Waals surface area contributed by atoms with E-state index in [4.69, 9.17) is 33.2 Å². The minimum atomic E-state index is -1.81. The molecule has 53 heavy (non-hydrogen) atoms. The molecule has 6 rings (SSSR count). The van der Waals surface area contributed by atoms with Crippen LogP contribution in [-0.2, 0) is 33.2 Å². The summed E-state index contributed by atoms with van der Waals surface area (Å²) in [5.74, 6) is -0.956. The van der Waals surface area contributed by atoms with Crippen LogP contribution in [0.4, 0.5) is 0 Å². The first kappa shape index (κ1) is 41.8. The monoisotopic (exact) mass is 772 g/mol. The van der Waals surface area contributed by atoms with Crippen LogP contribution in [0, 0.1) is 11.8 Å². The molecule has 20 nitrogen and oxygen atoms in total. The summed E-state index contributed by atoms with van der Waals surface area (Å²) in [6, 6.07) is 0. The molecule has 2 saturated carbocycles. The lowest BCUT2D eigenvalue weighted by atomic mass is 9.72. The highest BCUT2D eigenvalue weighted by atomic mass is 16.7. The van der Waals surface area contributed by atoms with Crippen LogP contribution in [0.25, 0.3) is 0 Å².